The van der Waals surface area contributed by atoms with E-state index in [1.807, 2.05) is 35.9 Å². The molecule has 0 N–H and O–H groups in total. The third-order valence-electron chi connectivity index (χ3n) is 3.40. The van der Waals surface area contributed by atoms with Crippen LogP contribution in [0.4, 0.5) is 4.39 Å². The summed E-state index contributed by atoms with van der Waals surface area (Å²) in [6, 6.07) is 8.71. The zero-order chi connectivity index (χ0) is 15.5. The van der Waals surface area contributed by atoms with Crippen LogP contribution in [0.3, 0.4) is 0 Å². The minimum Gasteiger partial charge on any atom is -0.494 e. The molecule has 0 bridgehead atoms. The second-order valence-electron chi connectivity index (χ2n) is 4.86. The zero-order valence-corrected chi connectivity index (χ0v) is 12.4. The maximum absolute atomic E-state index is 13.8. The monoisotopic (exact) mass is 301 g/mol. The molecule has 0 saturated carbocycles. The Bertz CT molecular complexity index is 779. The Balaban J connectivity index is 1.87. The van der Waals surface area contributed by atoms with Crippen molar-refractivity contribution < 1.29 is 13.7 Å². The quantitative estimate of drug-likeness (QED) is 0.725. The molecule has 3 aromatic rings. The highest BCUT2D eigenvalue weighted by molar-refractivity contribution is 5.48. The van der Waals surface area contributed by atoms with Crippen LogP contribution in [0.2, 0.25) is 0 Å². The SMILES string of the molecule is CCc1noc(-c2cccn2Cc2ccc(OC)c(F)c2)n1. The van der Waals surface area contributed by atoms with Gasteiger partial charge in [-0.25, -0.2) is 4.39 Å². The molecular formula is C16H16FN3O2. The number of halogens is 1. The van der Waals surface area contributed by atoms with Gasteiger partial charge in [0.1, 0.15) is 5.69 Å². The molecule has 0 aliphatic heterocycles. The predicted molar refractivity (Wildman–Crippen MR) is 79.2 cm³/mol. The first-order chi connectivity index (χ1) is 10.7. The van der Waals surface area contributed by atoms with Gasteiger partial charge in [0.15, 0.2) is 17.4 Å². The summed E-state index contributed by atoms with van der Waals surface area (Å²) in [5.74, 6) is 0.995. The number of hydrogen-bond donors (Lipinski definition) is 0. The summed E-state index contributed by atoms with van der Waals surface area (Å²) in [6.45, 7) is 2.47. The summed E-state index contributed by atoms with van der Waals surface area (Å²) >= 11 is 0. The molecule has 0 aliphatic carbocycles. The second kappa shape index (κ2) is 6.01. The molecule has 2 heterocycles. The summed E-state index contributed by atoms with van der Waals surface area (Å²) in [4.78, 5) is 4.33. The van der Waals surface area contributed by atoms with Crippen LogP contribution in [0.25, 0.3) is 11.6 Å². The predicted octanol–water partition coefficient (Wildman–Crippen LogP) is 3.30. The maximum Gasteiger partial charge on any atom is 0.274 e. The summed E-state index contributed by atoms with van der Waals surface area (Å²) in [5, 5.41) is 3.90. The van der Waals surface area contributed by atoms with Crippen molar-refractivity contribution in [1.29, 1.82) is 0 Å². The van der Waals surface area contributed by atoms with Gasteiger partial charge < -0.3 is 13.8 Å². The first kappa shape index (κ1) is 14.3. The summed E-state index contributed by atoms with van der Waals surface area (Å²) in [5.41, 5.74) is 1.63. The van der Waals surface area contributed by atoms with Crippen LogP contribution in [0.5, 0.6) is 5.75 Å². The number of ether oxygens (including phenoxy) is 1. The van der Waals surface area contributed by atoms with Gasteiger partial charge in [0.05, 0.1) is 7.11 Å². The number of methoxy groups -OCH3 is 1. The van der Waals surface area contributed by atoms with E-state index >= 15 is 0 Å². The van der Waals surface area contributed by atoms with Crippen molar-refractivity contribution in [3.05, 3.63) is 53.7 Å². The second-order valence-corrected chi connectivity index (χ2v) is 4.86. The highest BCUT2D eigenvalue weighted by atomic mass is 19.1. The Labute approximate surface area is 127 Å². The van der Waals surface area contributed by atoms with E-state index in [2.05, 4.69) is 10.1 Å². The van der Waals surface area contributed by atoms with Crippen molar-refractivity contribution >= 4 is 0 Å². The molecule has 1 aromatic carbocycles. The molecule has 114 valence electrons. The normalized spacial score (nSPS) is 10.9. The van der Waals surface area contributed by atoms with Crippen LogP contribution >= 0.6 is 0 Å². The highest BCUT2D eigenvalue weighted by Gasteiger charge is 2.13. The number of hydrogen-bond acceptors (Lipinski definition) is 4. The fourth-order valence-corrected chi connectivity index (χ4v) is 2.25. The lowest BCUT2D eigenvalue weighted by Gasteiger charge is -2.08. The van der Waals surface area contributed by atoms with Crippen LogP contribution in [-0.4, -0.2) is 21.8 Å². The standard InChI is InChI=1S/C16H16FN3O2/c1-3-15-18-16(22-19-15)13-5-4-8-20(13)10-11-6-7-14(21-2)12(17)9-11/h4-9H,3,10H2,1-2H3. The number of aromatic nitrogens is 3. The molecule has 3 rings (SSSR count). The van der Waals surface area contributed by atoms with Crippen molar-refractivity contribution in [2.45, 2.75) is 19.9 Å². The molecule has 0 aliphatic rings. The molecular weight excluding hydrogens is 285 g/mol. The molecule has 0 unspecified atom stereocenters. The van der Waals surface area contributed by atoms with Gasteiger partial charge >= 0.3 is 0 Å². The van der Waals surface area contributed by atoms with Gasteiger partial charge in [-0.1, -0.05) is 18.1 Å². The van der Waals surface area contributed by atoms with Crippen LogP contribution in [-0.2, 0) is 13.0 Å². The molecule has 22 heavy (non-hydrogen) atoms. The highest BCUT2D eigenvalue weighted by Crippen LogP contribution is 2.22. The van der Waals surface area contributed by atoms with E-state index in [0.29, 0.717) is 24.7 Å². The molecule has 0 fully saturated rings. The van der Waals surface area contributed by atoms with Gasteiger partial charge in [0.25, 0.3) is 5.89 Å². The van der Waals surface area contributed by atoms with Gasteiger partial charge in [0, 0.05) is 19.2 Å². The fourth-order valence-electron chi connectivity index (χ4n) is 2.25. The van der Waals surface area contributed by atoms with Gasteiger partial charge in [-0.15, -0.1) is 0 Å². The zero-order valence-electron chi connectivity index (χ0n) is 12.4. The van der Waals surface area contributed by atoms with Crippen LogP contribution in [0.15, 0.2) is 41.1 Å². The van der Waals surface area contributed by atoms with Crippen molar-refractivity contribution in [3.8, 4) is 17.3 Å². The van der Waals surface area contributed by atoms with Crippen LogP contribution in [0, 0.1) is 5.82 Å². The minimum absolute atomic E-state index is 0.237. The molecule has 0 atom stereocenters. The summed E-state index contributed by atoms with van der Waals surface area (Å²) in [7, 11) is 1.45. The van der Waals surface area contributed by atoms with Gasteiger partial charge in [-0.2, -0.15) is 4.98 Å². The van der Waals surface area contributed by atoms with Crippen LogP contribution in [0.1, 0.15) is 18.3 Å². The number of benzene rings is 1. The maximum atomic E-state index is 13.8. The number of rotatable bonds is 5. The van der Waals surface area contributed by atoms with Gasteiger partial charge in [-0.05, 0) is 29.8 Å². The number of nitrogens with zero attached hydrogens (tertiary/aromatic N) is 3. The Morgan fingerprint density at radius 3 is 2.86 bits per heavy atom. The number of aryl methyl sites for hydroxylation is 1. The van der Waals surface area contributed by atoms with Gasteiger partial charge in [0.2, 0.25) is 0 Å². The lowest BCUT2D eigenvalue weighted by atomic mass is 10.2. The minimum atomic E-state index is -0.375. The lowest BCUT2D eigenvalue weighted by molar-refractivity contribution is 0.386. The smallest absolute Gasteiger partial charge is 0.274 e. The van der Waals surface area contributed by atoms with E-state index in [9.17, 15) is 4.39 Å². The molecule has 0 radical (unpaired) electrons. The van der Waals surface area contributed by atoms with Crippen molar-refractivity contribution in [2.24, 2.45) is 0 Å². The molecule has 5 nitrogen and oxygen atoms in total. The van der Waals surface area contributed by atoms with Crippen molar-refractivity contribution in [1.82, 2.24) is 14.7 Å². The van der Waals surface area contributed by atoms with Crippen molar-refractivity contribution in [2.75, 3.05) is 7.11 Å². The summed E-state index contributed by atoms with van der Waals surface area (Å²) in [6.07, 6.45) is 2.61. The summed E-state index contributed by atoms with van der Waals surface area (Å²) < 4.78 is 25.9. The topological polar surface area (TPSA) is 53.1 Å². The van der Waals surface area contributed by atoms with Crippen LogP contribution < -0.4 is 4.74 Å². The average molecular weight is 301 g/mol. The Kier molecular flexibility index (Phi) is 3.91. The molecule has 0 spiro atoms. The lowest BCUT2D eigenvalue weighted by Crippen LogP contribution is -2.01. The third kappa shape index (κ3) is 2.72. The third-order valence-corrected chi connectivity index (χ3v) is 3.40. The Morgan fingerprint density at radius 1 is 1.32 bits per heavy atom. The van der Waals surface area contributed by atoms with Crippen molar-refractivity contribution in [3.63, 3.8) is 0 Å². The fraction of sp³-hybridized carbons (Fsp3) is 0.250. The average Bonchev–Trinajstić information content (AvgIpc) is 3.15. The van der Waals surface area contributed by atoms with E-state index < -0.39 is 0 Å². The molecule has 0 amide bonds. The van der Waals surface area contributed by atoms with Gasteiger partial charge in [-0.3, -0.25) is 0 Å². The first-order valence-corrected chi connectivity index (χ1v) is 7.01. The first-order valence-electron chi connectivity index (χ1n) is 7.01. The molecule has 2 aromatic heterocycles. The molecule has 0 saturated heterocycles. The largest absolute Gasteiger partial charge is 0.494 e. The van der Waals surface area contributed by atoms with E-state index in [0.717, 1.165) is 11.3 Å². The van der Waals surface area contributed by atoms with E-state index in [1.54, 1.807) is 6.07 Å². The van der Waals surface area contributed by atoms with E-state index in [-0.39, 0.29) is 11.6 Å². The Morgan fingerprint density at radius 2 is 2.18 bits per heavy atom. The van der Waals surface area contributed by atoms with E-state index in [4.69, 9.17) is 9.26 Å². The molecule has 6 heteroatoms. The van der Waals surface area contributed by atoms with E-state index in [1.165, 1.54) is 13.2 Å². The Hall–Kier alpha value is -2.63.